The van der Waals surface area contributed by atoms with Crippen LogP contribution >= 0.6 is 0 Å². The summed E-state index contributed by atoms with van der Waals surface area (Å²) in [5, 5.41) is 3.65. The van der Waals surface area contributed by atoms with Crippen LogP contribution in [0.2, 0.25) is 0 Å². The number of hydrogen-bond acceptors (Lipinski definition) is 5. The normalized spacial score (nSPS) is 21.9. The highest BCUT2D eigenvalue weighted by Gasteiger charge is 2.32. The maximum absolute atomic E-state index is 4.34. The predicted octanol–water partition coefficient (Wildman–Crippen LogP) is 0.987. The zero-order valence-electron chi connectivity index (χ0n) is 12.3. The maximum atomic E-state index is 4.34. The van der Waals surface area contributed by atoms with Gasteiger partial charge in [0.25, 0.3) is 0 Å². The van der Waals surface area contributed by atoms with Gasteiger partial charge in [-0.1, -0.05) is 6.92 Å². The van der Waals surface area contributed by atoms with Crippen molar-refractivity contribution in [1.82, 2.24) is 20.2 Å². The molecule has 110 valence electrons. The molecule has 20 heavy (non-hydrogen) atoms. The molecule has 1 aliphatic carbocycles. The molecular formula is C15H25N5. The molecule has 1 aliphatic heterocycles. The smallest absolute Gasteiger partial charge is 0.225 e. The highest BCUT2D eigenvalue weighted by Crippen LogP contribution is 2.33. The Hall–Kier alpha value is -1.20. The van der Waals surface area contributed by atoms with Gasteiger partial charge < -0.3 is 10.2 Å². The summed E-state index contributed by atoms with van der Waals surface area (Å²) in [4.78, 5) is 13.6. The fourth-order valence-corrected chi connectivity index (χ4v) is 3.00. The fraction of sp³-hybridized carbons (Fsp3) is 0.733. The highest BCUT2D eigenvalue weighted by atomic mass is 15.3. The van der Waals surface area contributed by atoms with E-state index in [0.29, 0.717) is 6.04 Å². The van der Waals surface area contributed by atoms with E-state index in [1.165, 1.54) is 19.4 Å². The van der Waals surface area contributed by atoms with E-state index in [1.807, 2.05) is 18.5 Å². The van der Waals surface area contributed by atoms with Crippen LogP contribution < -0.4 is 10.2 Å². The lowest BCUT2D eigenvalue weighted by Gasteiger charge is -2.36. The molecule has 2 aliphatic rings. The molecule has 1 unspecified atom stereocenters. The minimum Gasteiger partial charge on any atom is -0.338 e. The number of anilines is 1. The number of nitrogens with one attached hydrogen (secondary N) is 1. The Morgan fingerprint density at radius 2 is 1.90 bits per heavy atom. The van der Waals surface area contributed by atoms with Crippen molar-refractivity contribution in [2.45, 2.75) is 25.8 Å². The maximum Gasteiger partial charge on any atom is 0.225 e. The van der Waals surface area contributed by atoms with Crippen molar-refractivity contribution < 1.29 is 0 Å². The second-order valence-corrected chi connectivity index (χ2v) is 5.84. The largest absolute Gasteiger partial charge is 0.338 e. The quantitative estimate of drug-likeness (QED) is 0.838. The lowest BCUT2D eigenvalue weighted by atomic mass is 10.1. The first-order chi connectivity index (χ1) is 9.86. The van der Waals surface area contributed by atoms with Gasteiger partial charge in [0.2, 0.25) is 5.95 Å². The van der Waals surface area contributed by atoms with E-state index in [2.05, 4.69) is 32.0 Å². The molecule has 0 spiro atoms. The average Bonchev–Trinajstić information content (AvgIpc) is 3.33. The summed E-state index contributed by atoms with van der Waals surface area (Å²) >= 11 is 0. The Balaban J connectivity index is 1.48. The van der Waals surface area contributed by atoms with Crippen LogP contribution in [-0.2, 0) is 0 Å². The van der Waals surface area contributed by atoms with E-state index in [0.717, 1.165) is 44.6 Å². The van der Waals surface area contributed by atoms with E-state index in [-0.39, 0.29) is 0 Å². The van der Waals surface area contributed by atoms with Crippen LogP contribution in [0.4, 0.5) is 5.95 Å². The van der Waals surface area contributed by atoms with E-state index in [1.54, 1.807) is 0 Å². The first-order valence-corrected chi connectivity index (χ1v) is 7.84. The van der Waals surface area contributed by atoms with E-state index in [9.17, 15) is 0 Å². The lowest BCUT2D eigenvalue weighted by Crippen LogP contribution is -2.51. The predicted molar refractivity (Wildman–Crippen MR) is 80.9 cm³/mol. The molecule has 1 saturated carbocycles. The summed E-state index contributed by atoms with van der Waals surface area (Å²) in [5.41, 5.74) is 0. The summed E-state index contributed by atoms with van der Waals surface area (Å²) < 4.78 is 0. The van der Waals surface area contributed by atoms with Crippen molar-refractivity contribution in [1.29, 1.82) is 0 Å². The summed E-state index contributed by atoms with van der Waals surface area (Å²) in [7, 11) is 0. The van der Waals surface area contributed by atoms with E-state index in [4.69, 9.17) is 0 Å². The summed E-state index contributed by atoms with van der Waals surface area (Å²) in [6, 6.07) is 2.57. The van der Waals surface area contributed by atoms with Crippen molar-refractivity contribution in [2.75, 3.05) is 44.2 Å². The number of likely N-dealkylation sites (N-methyl/N-ethyl adjacent to an activating group) is 1. The van der Waals surface area contributed by atoms with Crippen molar-refractivity contribution in [2.24, 2.45) is 5.92 Å². The number of rotatable bonds is 6. The molecule has 0 amide bonds. The molecule has 5 nitrogen and oxygen atoms in total. The molecule has 5 heteroatoms. The Morgan fingerprint density at radius 1 is 1.20 bits per heavy atom. The van der Waals surface area contributed by atoms with Crippen molar-refractivity contribution >= 4 is 5.95 Å². The molecule has 0 radical (unpaired) electrons. The Kier molecular flexibility index (Phi) is 4.47. The third kappa shape index (κ3) is 3.46. The SMILES string of the molecule is CCNC(CN1CCN(c2ncccn2)CC1)C1CC1. The molecule has 0 aromatic carbocycles. The second kappa shape index (κ2) is 6.50. The van der Waals surface area contributed by atoms with Crippen LogP contribution in [0.3, 0.4) is 0 Å². The first kappa shape index (κ1) is 13.8. The Bertz CT molecular complexity index is 398. The first-order valence-electron chi connectivity index (χ1n) is 7.84. The van der Waals surface area contributed by atoms with Gasteiger partial charge in [-0.15, -0.1) is 0 Å². The van der Waals surface area contributed by atoms with Gasteiger partial charge in [-0.25, -0.2) is 9.97 Å². The van der Waals surface area contributed by atoms with Crippen molar-refractivity contribution in [3.05, 3.63) is 18.5 Å². The lowest BCUT2D eigenvalue weighted by molar-refractivity contribution is 0.220. The van der Waals surface area contributed by atoms with Crippen LogP contribution in [0.5, 0.6) is 0 Å². The Labute approximate surface area is 121 Å². The summed E-state index contributed by atoms with van der Waals surface area (Å²) in [5.74, 6) is 1.79. The molecule has 1 aromatic heterocycles. The third-order valence-electron chi connectivity index (χ3n) is 4.32. The zero-order valence-corrected chi connectivity index (χ0v) is 12.3. The fourth-order valence-electron chi connectivity index (χ4n) is 3.00. The van der Waals surface area contributed by atoms with E-state index < -0.39 is 0 Å². The minimum absolute atomic E-state index is 0.694. The molecule has 2 heterocycles. The topological polar surface area (TPSA) is 44.3 Å². The van der Waals surface area contributed by atoms with Crippen LogP contribution in [0.25, 0.3) is 0 Å². The van der Waals surface area contributed by atoms with Gasteiger partial charge in [0, 0.05) is 51.2 Å². The van der Waals surface area contributed by atoms with Crippen molar-refractivity contribution in [3.8, 4) is 0 Å². The van der Waals surface area contributed by atoms with Gasteiger partial charge >= 0.3 is 0 Å². The molecule has 0 bridgehead atoms. The summed E-state index contributed by atoms with van der Waals surface area (Å²) in [6.07, 6.45) is 6.47. The van der Waals surface area contributed by atoms with E-state index >= 15 is 0 Å². The van der Waals surface area contributed by atoms with Gasteiger partial charge in [0.15, 0.2) is 0 Å². The summed E-state index contributed by atoms with van der Waals surface area (Å²) in [6.45, 7) is 8.79. The molecule has 1 N–H and O–H groups in total. The monoisotopic (exact) mass is 275 g/mol. The number of hydrogen-bond donors (Lipinski definition) is 1. The molecule has 2 fully saturated rings. The second-order valence-electron chi connectivity index (χ2n) is 5.84. The molecule has 1 saturated heterocycles. The molecule has 3 rings (SSSR count). The third-order valence-corrected chi connectivity index (χ3v) is 4.32. The standard InChI is InChI=1S/C15H25N5/c1-2-16-14(13-4-5-13)12-19-8-10-20(11-9-19)15-17-6-3-7-18-15/h3,6-7,13-14,16H,2,4-5,8-12H2,1H3. The van der Waals surface area contributed by atoms with Crippen LogP contribution in [0, 0.1) is 5.92 Å². The van der Waals surface area contributed by atoms with Crippen LogP contribution in [0.15, 0.2) is 18.5 Å². The Morgan fingerprint density at radius 3 is 2.50 bits per heavy atom. The zero-order chi connectivity index (χ0) is 13.8. The number of nitrogens with zero attached hydrogens (tertiary/aromatic N) is 4. The van der Waals surface area contributed by atoms with Crippen LogP contribution in [0.1, 0.15) is 19.8 Å². The molecular weight excluding hydrogens is 250 g/mol. The average molecular weight is 275 g/mol. The number of aromatic nitrogens is 2. The van der Waals surface area contributed by atoms with Gasteiger partial charge in [-0.3, -0.25) is 4.90 Å². The van der Waals surface area contributed by atoms with Gasteiger partial charge in [0.1, 0.15) is 0 Å². The van der Waals surface area contributed by atoms with Crippen molar-refractivity contribution in [3.63, 3.8) is 0 Å². The van der Waals surface area contributed by atoms with Gasteiger partial charge in [-0.2, -0.15) is 0 Å². The van der Waals surface area contributed by atoms with Gasteiger partial charge in [0.05, 0.1) is 0 Å². The molecule has 1 atom stereocenters. The molecule has 1 aromatic rings. The van der Waals surface area contributed by atoms with Crippen LogP contribution in [-0.4, -0.2) is 60.2 Å². The highest BCUT2D eigenvalue weighted by molar-refractivity contribution is 5.29. The number of piperazine rings is 1. The minimum atomic E-state index is 0.694. The van der Waals surface area contributed by atoms with Gasteiger partial charge in [-0.05, 0) is 31.4 Å².